The SMILES string of the molecule is COCCOc1cnnc(N2CCC(OC3CC(Oc4ccc(-c5ccc6c7cnccc7n(C)c6c5)cn4)C3)CC2)c1. The summed E-state index contributed by atoms with van der Waals surface area (Å²) in [7, 11) is 3.75. The summed E-state index contributed by atoms with van der Waals surface area (Å²) >= 11 is 0. The normalized spacial score (nSPS) is 19.1. The van der Waals surface area contributed by atoms with Crippen LogP contribution in [0.3, 0.4) is 0 Å². The van der Waals surface area contributed by atoms with Crippen LogP contribution in [-0.4, -0.2) is 76.5 Å². The second-order valence-electron chi connectivity index (χ2n) is 11.3. The van der Waals surface area contributed by atoms with Crippen molar-refractivity contribution in [3.63, 3.8) is 0 Å². The third kappa shape index (κ3) is 5.85. The quantitative estimate of drug-likeness (QED) is 0.207. The Bertz CT molecular complexity index is 1690. The molecule has 222 valence electrons. The van der Waals surface area contributed by atoms with Crippen molar-refractivity contribution in [2.75, 3.05) is 38.3 Å². The lowest BCUT2D eigenvalue weighted by atomic mass is 9.91. The molecule has 10 nitrogen and oxygen atoms in total. The van der Waals surface area contributed by atoms with E-state index in [4.69, 9.17) is 18.9 Å². The largest absolute Gasteiger partial charge is 0.489 e. The van der Waals surface area contributed by atoms with Gasteiger partial charge < -0.3 is 28.4 Å². The van der Waals surface area contributed by atoms with Gasteiger partial charge in [0.05, 0.1) is 30.5 Å². The van der Waals surface area contributed by atoms with E-state index in [1.807, 2.05) is 30.7 Å². The van der Waals surface area contributed by atoms with Crippen LogP contribution in [-0.2, 0) is 16.5 Å². The van der Waals surface area contributed by atoms with Crippen LogP contribution in [0.5, 0.6) is 11.6 Å². The fourth-order valence-corrected chi connectivity index (χ4v) is 6.06. The predicted octanol–water partition coefficient (Wildman–Crippen LogP) is 5.20. The van der Waals surface area contributed by atoms with Crippen molar-refractivity contribution in [1.82, 2.24) is 24.7 Å². The Morgan fingerprint density at radius 1 is 0.837 bits per heavy atom. The standard InChI is InChI=1S/C33H36N6O4/c1-38-30-7-10-34-21-29(30)28-5-3-22(15-31(28)38)23-4-6-33(35-19-23)43-26-16-25(17-26)42-24-8-11-39(12-9-24)32-18-27(20-36-37-32)41-14-13-40-2/h3-7,10,15,18-21,24-26H,8-9,11-14,16-17H2,1-2H3. The predicted molar refractivity (Wildman–Crippen MR) is 165 cm³/mol. The zero-order valence-electron chi connectivity index (χ0n) is 24.6. The Morgan fingerprint density at radius 3 is 2.51 bits per heavy atom. The van der Waals surface area contributed by atoms with Crippen molar-refractivity contribution in [3.05, 3.63) is 67.3 Å². The number of benzene rings is 1. The first-order valence-corrected chi connectivity index (χ1v) is 14.9. The van der Waals surface area contributed by atoms with E-state index in [0.29, 0.717) is 24.8 Å². The van der Waals surface area contributed by atoms with Crippen LogP contribution in [0.2, 0.25) is 0 Å². The van der Waals surface area contributed by atoms with Crippen LogP contribution in [0, 0.1) is 0 Å². The molecule has 1 aromatic carbocycles. The topological polar surface area (TPSA) is 96.7 Å². The third-order valence-electron chi connectivity index (χ3n) is 8.54. The Labute approximate surface area is 250 Å². The molecule has 0 bridgehead atoms. The molecular formula is C33H36N6O4. The maximum Gasteiger partial charge on any atom is 0.213 e. The molecule has 0 unspecified atom stereocenters. The number of aromatic nitrogens is 5. The van der Waals surface area contributed by atoms with Crippen molar-refractivity contribution in [1.29, 1.82) is 0 Å². The monoisotopic (exact) mass is 580 g/mol. The van der Waals surface area contributed by atoms with Crippen LogP contribution in [0.25, 0.3) is 32.9 Å². The molecule has 43 heavy (non-hydrogen) atoms. The van der Waals surface area contributed by atoms with Crippen LogP contribution >= 0.6 is 0 Å². The molecule has 7 rings (SSSR count). The number of piperidine rings is 1. The summed E-state index contributed by atoms with van der Waals surface area (Å²) in [5.74, 6) is 2.22. The zero-order chi connectivity index (χ0) is 29.2. The molecule has 0 spiro atoms. The fourth-order valence-electron chi connectivity index (χ4n) is 6.06. The van der Waals surface area contributed by atoms with Gasteiger partial charge in [0.1, 0.15) is 18.5 Å². The molecule has 4 aromatic heterocycles. The average molecular weight is 581 g/mol. The van der Waals surface area contributed by atoms with Gasteiger partial charge in [0.25, 0.3) is 0 Å². The summed E-state index contributed by atoms with van der Waals surface area (Å²) in [6.45, 7) is 2.80. The molecule has 1 aliphatic heterocycles. The van der Waals surface area contributed by atoms with E-state index in [9.17, 15) is 0 Å². The lowest BCUT2D eigenvalue weighted by Gasteiger charge is -2.39. The number of nitrogens with zero attached hydrogens (tertiary/aromatic N) is 6. The van der Waals surface area contributed by atoms with Gasteiger partial charge in [-0.3, -0.25) is 4.98 Å². The van der Waals surface area contributed by atoms with Crippen LogP contribution in [0.15, 0.2) is 67.3 Å². The number of ether oxygens (including phenoxy) is 4. The van der Waals surface area contributed by atoms with Crippen molar-refractivity contribution in [2.45, 2.75) is 44.0 Å². The molecule has 0 radical (unpaired) electrons. The Morgan fingerprint density at radius 2 is 1.70 bits per heavy atom. The van der Waals surface area contributed by atoms with E-state index in [-0.39, 0.29) is 18.3 Å². The number of aryl methyl sites for hydroxylation is 1. The van der Waals surface area contributed by atoms with E-state index in [2.05, 4.69) is 67.0 Å². The molecule has 1 saturated carbocycles. The lowest BCUT2D eigenvalue weighted by Crippen LogP contribution is -2.44. The first kappa shape index (κ1) is 27.5. The highest BCUT2D eigenvalue weighted by Crippen LogP contribution is 2.33. The van der Waals surface area contributed by atoms with Crippen molar-refractivity contribution in [3.8, 4) is 22.8 Å². The van der Waals surface area contributed by atoms with E-state index < -0.39 is 0 Å². The van der Waals surface area contributed by atoms with E-state index in [1.54, 1.807) is 13.3 Å². The van der Waals surface area contributed by atoms with E-state index >= 15 is 0 Å². The van der Waals surface area contributed by atoms with Crippen molar-refractivity contribution >= 4 is 27.6 Å². The summed E-state index contributed by atoms with van der Waals surface area (Å²) in [5, 5.41) is 10.8. The molecule has 0 N–H and O–H groups in total. The van der Waals surface area contributed by atoms with Gasteiger partial charge in [-0.1, -0.05) is 12.1 Å². The van der Waals surface area contributed by atoms with Gasteiger partial charge in [0.2, 0.25) is 5.88 Å². The molecule has 10 heteroatoms. The highest BCUT2D eigenvalue weighted by atomic mass is 16.5. The van der Waals surface area contributed by atoms with E-state index in [1.165, 1.54) is 21.8 Å². The molecule has 0 atom stereocenters. The minimum Gasteiger partial charge on any atom is -0.489 e. The molecule has 2 fully saturated rings. The maximum atomic E-state index is 6.40. The van der Waals surface area contributed by atoms with Crippen molar-refractivity contribution in [2.24, 2.45) is 7.05 Å². The smallest absolute Gasteiger partial charge is 0.213 e. The number of rotatable bonds is 10. The summed E-state index contributed by atoms with van der Waals surface area (Å²) in [5.41, 5.74) is 4.55. The number of anilines is 1. The minimum atomic E-state index is 0.139. The van der Waals surface area contributed by atoms with E-state index in [0.717, 1.165) is 55.7 Å². The number of hydrogen-bond donors (Lipinski definition) is 0. The first-order chi connectivity index (χ1) is 21.1. The minimum absolute atomic E-state index is 0.139. The Balaban J connectivity index is 0.879. The highest BCUT2D eigenvalue weighted by molar-refractivity contribution is 6.08. The second-order valence-corrected chi connectivity index (χ2v) is 11.3. The molecule has 1 saturated heterocycles. The van der Waals surface area contributed by atoms with Gasteiger partial charge in [-0.2, -0.15) is 5.10 Å². The molecule has 5 heterocycles. The molecule has 1 aliphatic carbocycles. The fraction of sp³-hybridized carbons (Fsp3) is 0.394. The summed E-state index contributed by atoms with van der Waals surface area (Å²) < 4.78 is 25.5. The average Bonchev–Trinajstić information content (AvgIpc) is 3.32. The van der Waals surface area contributed by atoms with Gasteiger partial charge in [0, 0.05) is 92.7 Å². The summed E-state index contributed by atoms with van der Waals surface area (Å²) in [6, 6.07) is 14.6. The number of fused-ring (bicyclic) bond motifs is 3. The Hall–Kier alpha value is -4.28. The van der Waals surface area contributed by atoms with Gasteiger partial charge in [-0.25, -0.2) is 4.98 Å². The van der Waals surface area contributed by atoms with Crippen molar-refractivity contribution < 1.29 is 18.9 Å². The Kier molecular flexibility index (Phi) is 7.78. The zero-order valence-corrected chi connectivity index (χ0v) is 24.6. The van der Waals surface area contributed by atoms with Crippen LogP contribution in [0.1, 0.15) is 25.7 Å². The number of hydrogen-bond acceptors (Lipinski definition) is 9. The lowest BCUT2D eigenvalue weighted by molar-refractivity contribution is -0.102. The third-order valence-corrected chi connectivity index (χ3v) is 8.54. The first-order valence-electron chi connectivity index (χ1n) is 14.9. The summed E-state index contributed by atoms with van der Waals surface area (Å²) in [4.78, 5) is 11.2. The molecule has 2 aliphatic rings. The van der Waals surface area contributed by atoms with Crippen LogP contribution in [0.4, 0.5) is 5.82 Å². The number of methoxy groups -OCH3 is 1. The molecule has 0 amide bonds. The number of pyridine rings is 2. The van der Waals surface area contributed by atoms with Crippen LogP contribution < -0.4 is 14.4 Å². The maximum absolute atomic E-state index is 6.40. The van der Waals surface area contributed by atoms with Gasteiger partial charge in [0.15, 0.2) is 5.82 Å². The van der Waals surface area contributed by atoms with Gasteiger partial charge >= 0.3 is 0 Å². The molecule has 5 aromatic rings. The second kappa shape index (κ2) is 12.1. The summed E-state index contributed by atoms with van der Waals surface area (Å²) in [6.07, 6.45) is 11.6. The van der Waals surface area contributed by atoms with Gasteiger partial charge in [-0.05, 0) is 36.6 Å². The molecular weight excluding hydrogens is 544 g/mol. The highest BCUT2D eigenvalue weighted by Gasteiger charge is 2.35. The van der Waals surface area contributed by atoms with Gasteiger partial charge in [-0.15, -0.1) is 5.10 Å².